The van der Waals surface area contributed by atoms with E-state index in [-0.39, 0.29) is 34.3 Å². The van der Waals surface area contributed by atoms with Gasteiger partial charge in [0.15, 0.2) is 34.8 Å². The summed E-state index contributed by atoms with van der Waals surface area (Å²) in [5, 5.41) is 12.1. The van der Waals surface area contributed by atoms with Crippen molar-refractivity contribution in [3.63, 3.8) is 0 Å². The summed E-state index contributed by atoms with van der Waals surface area (Å²) >= 11 is 0. The number of aromatic nitrogens is 4. The van der Waals surface area contributed by atoms with Gasteiger partial charge in [0.25, 0.3) is 0 Å². The van der Waals surface area contributed by atoms with Gasteiger partial charge < -0.3 is 20.1 Å². The van der Waals surface area contributed by atoms with E-state index in [4.69, 9.17) is 0 Å². The molecule has 4 rings (SSSR count). The fourth-order valence-corrected chi connectivity index (χ4v) is 2.66. The molecule has 0 spiro atoms. The summed E-state index contributed by atoms with van der Waals surface area (Å²) in [4.78, 5) is 8.04. The Bertz CT molecular complexity index is 1270. The van der Waals surface area contributed by atoms with E-state index in [2.05, 4.69) is 45.0 Å². The van der Waals surface area contributed by atoms with E-state index < -0.39 is 35.9 Å². The van der Waals surface area contributed by atoms with Crippen LogP contribution in [0.1, 0.15) is 0 Å². The molecule has 35 heavy (non-hydrogen) atoms. The molecule has 2 heterocycles. The average Bonchev–Trinajstić information content (AvgIpc) is 3.18. The van der Waals surface area contributed by atoms with E-state index in [0.29, 0.717) is 24.3 Å². The summed E-state index contributed by atoms with van der Waals surface area (Å²) in [6, 6.07) is 4.81. The lowest BCUT2D eigenvalue weighted by molar-refractivity contribution is -0.276. The minimum absolute atomic E-state index is 0.106. The molecule has 2 aromatic heterocycles. The van der Waals surface area contributed by atoms with E-state index in [1.165, 1.54) is 0 Å². The van der Waals surface area contributed by atoms with Gasteiger partial charge in [-0.15, -0.1) is 26.3 Å². The standard InChI is InChI=1S/C18H8F8N6O3/c19-9-5-7(1-3-11(9)33-17(21,22)23)27-13-14(30-16-15(29-13)31-35-32-16)28-8-2-4-12(10(20)6-8)34-18(24,25)26/h1-6H,(H,27,29,31)(H,28,30,32). The molecule has 0 aliphatic heterocycles. The second-order valence-electron chi connectivity index (χ2n) is 6.47. The van der Waals surface area contributed by atoms with E-state index in [9.17, 15) is 35.1 Å². The quantitative estimate of drug-likeness (QED) is 0.323. The molecule has 184 valence electrons. The van der Waals surface area contributed by atoms with Crippen molar-refractivity contribution in [2.24, 2.45) is 0 Å². The average molecular weight is 508 g/mol. The molecule has 9 nitrogen and oxygen atoms in total. The Morgan fingerprint density at radius 1 is 0.657 bits per heavy atom. The highest BCUT2D eigenvalue weighted by Gasteiger charge is 2.33. The molecule has 0 unspecified atom stereocenters. The zero-order valence-corrected chi connectivity index (χ0v) is 16.5. The monoisotopic (exact) mass is 508 g/mol. The molecule has 2 N–H and O–H groups in total. The van der Waals surface area contributed by atoms with Gasteiger partial charge in [0, 0.05) is 23.5 Å². The first-order valence-corrected chi connectivity index (χ1v) is 9.01. The van der Waals surface area contributed by atoms with E-state index in [0.717, 1.165) is 12.1 Å². The highest BCUT2D eigenvalue weighted by Crippen LogP contribution is 2.32. The second-order valence-corrected chi connectivity index (χ2v) is 6.47. The number of rotatable bonds is 6. The van der Waals surface area contributed by atoms with Gasteiger partial charge in [0.05, 0.1) is 0 Å². The topological polar surface area (TPSA) is 107 Å². The van der Waals surface area contributed by atoms with Crippen molar-refractivity contribution in [1.29, 1.82) is 0 Å². The Morgan fingerprint density at radius 3 is 1.40 bits per heavy atom. The predicted molar refractivity (Wildman–Crippen MR) is 100 cm³/mol. The van der Waals surface area contributed by atoms with Gasteiger partial charge in [-0.05, 0) is 34.6 Å². The third-order valence-electron chi connectivity index (χ3n) is 3.95. The van der Waals surface area contributed by atoms with E-state index in [1.807, 2.05) is 0 Å². The first kappa shape index (κ1) is 23.7. The largest absolute Gasteiger partial charge is 0.573 e. The molecule has 17 heteroatoms. The third kappa shape index (κ3) is 5.92. The maximum absolute atomic E-state index is 14.0. The number of fused-ring (bicyclic) bond motifs is 1. The van der Waals surface area contributed by atoms with Crippen LogP contribution in [0.5, 0.6) is 11.5 Å². The number of alkyl halides is 6. The summed E-state index contributed by atoms with van der Waals surface area (Å²) in [5.74, 6) is -5.29. The SMILES string of the molecule is Fc1cc(Nc2nc3nonc3nc2Nc2ccc(OC(F)(F)F)c(F)c2)ccc1OC(F)(F)F. The van der Waals surface area contributed by atoms with Crippen LogP contribution in [-0.4, -0.2) is 33.0 Å². The zero-order valence-electron chi connectivity index (χ0n) is 16.5. The number of hydrogen-bond donors (Lipinski definition) is 2. The van der Waals surface area contributed by atoms with Crippen LogP contribution in [0.15, 0.2) is 41.0 Å². The Hall–Kier alpha value is -4.44. The van der Waals surface area contributed by atoms with Crippen LogP contribution in [0, 0.1) is 11.6 Å². The highest BCUT2D eigenvalue weighted by atomic mass is 19.4. The lowest BCUT2D eigenvalue weighted by Gasteiger charge is -2.14. The van der Waals surface area contributed by atoms with E-state index >= 15 is 0 Å². The Morgan fingerprint density at radius 2 is 1.06 bits per heavy atom. The molecule has 4 aromatic rings. The first-order valence-electron chi connectivity index (χ1n) is 9.01. The smallest absolute Gasteiger partial charge is 0.403 e. The lowest BCUT2D eigenvalue weighted by atomic mass is 10.2. The minimum atomic E-state index is -5.11. The van der Waals surface area contributed by atoms with Crippen molar-refractivity contribution in [1.82, 2.24) is 20.3 Å². The minimum Gasteiger partial charge on any atom is -0.403 e. The van der Waals surface area contributed by atoms with Crippen LogP contribution in [-0.2, 0) is 0 Å². The van der Waals surface area contributed by atoms with Crippen molar-refractivity contribution in [3.05, 3.63) is 48.0 Å². The van der Waals surface area contributed by atoms with Crippen molar-refractivity contribution in [3.8, 4) is 11.5 Å². The molecule has 0 bridgehead atoms. The van der Waals surface area contributed by atoms with Crippen LogP contribution < -0.4 is 20.1 Å². The van der Waals surface area contributed by atoms with Crippen molar-refractivity contribution < 1.29 is 49.2 Å². The van der Waals surface area contributed by atoms with Crippen molar-refractivity contribution in [2.45, 2.75) is 12.7 Å². The molecular weight excluding hydrogens is 500 g/mol. The zero-order chi connectivity index (χ0) is 25.4. The van der Waals surface area contributed by atoms with Gasteiger partial charge in [0.2, 0.25) is 11.3 Å². The van der Waals surface area contributed by atoms with Crippen LogP contribution >= 0.6 is 0 Å². The van der Waals surface area contributed by atoms with Gasteiger partial charge in [-0.3, -0.25) is 0 Å². The molecular formula is C18H8F8N6O3. The number of nitrogens with one attached hydrogen (secondary N) is 2. The van der Waals surface area contributed by atoms with Gasteiger partial charge in [-0.1, -0.05) is 0 Å². The molecule has 0 saturated heterocycles. The summed E-state index contributed by atoms with van der Waals surface area (Å²) in [7, 11) is 0. The van der Waals surface area contributed by atoms with Crippen LogP contribution in [0.3, 0.4) is 0 Å². The molecule has 0 saturated carbocycles. The van der Waals surface area contributed by atoms with Gasteiger partial charge in [-0.25, -0.2) is 23.4 Å². The summed E-state index contributed by atoms with van der Waals surface area (Å²) in [6.07, 6.45) is -10.2. The van der Waals surface area contributed by atoms with Crippen LogP contribution in [0.25, 0.3) is 11.3 Å². The summed E-state index contributed by atoms with van der Waals surface area (Å²) in [5.41, 5.74) is -0.470. The predicted octanol–water partition coefficient (Wildman–Crippen LogP) is 5.58. The maximum Gasteiger partial charge on any atom is 0.573 e. The van der Waals surface area contributed by atoms with Crippen LogP contribution in [0.4, 0.5) is 58.1 Å². The molecule has 0 fully saturated rings. The summed E-state index contributed by atoms with van der Waals surface area (Å²) < 4.78 is 114. The Labute approximate surface area is 187 Å². The van der Waals surface area contributed by atoms with Gasteiger partial charge in [0.1, 0.15) is 0 Å². The van der Waals surface area contributed by atoms with Gasteiger partial charge in [-0.2, -0.15) is 0 Å². The molecule has 0 aliphatic rings. The number of anilines is 4. The maximum atomic E-state index is 14.0. The fraction of sp³-hybridized carbons (Fsp3) is 0.111. The Balaban J connectivity index is 1.63. The van der Waals surface area contributed by atoms with Gasteiger partial charge >= 0.3 is 12.7 Å². The molecule has 2 aromatic carbocycles. The number of nitrogens with zero attached hydrogens (tertiary/aromatic N) is 4. The highest BCUT2D eigenvalue weighted by molar-refractivity contribution is 5.79. The lowest BCUT2D eigenvalue weighted by Crippen LogP contribution is -2.18. The number of benzene rings is 2. The molecule has 0 atom stereocenters. The first-order chi connectivity index (χ1) is 16.4. The normalized spacial score (nSPS) is 12.0. The number of halogens is 8. The molecule has 0 radical (unpaired) electrons. The third-order valence-corrected chi connectivity index (χ3v) is 3.95. The number of hydrogen-bond acceptors (Lipinski definition) is 9. The van der Waals surface area contributed by atoms with Crippen LogP contribution in [0.2, 0.25) is 0 Å². The second kappa shape index (κ2) is 8.73. The van der Waals surface area contributed by atoms with Crippen molar-refractivity contribution >= 4 is 34.3 Å². The van der Waals surface area contributed by atoms with E-state index in [1.54, 1.807) is 0 Å². The molecule has 0 aliphatic carbocycles. The van der Waals surface area contributed by atoms with Crippen molar-refractivity contribution in [2.75, 3.05) is 10.6 Å². The number of ether oxygens (including phenoxy) is 2. The molecule has 0 amide bonds. The Kier molecular flexibility index (Phi) is 5.91. The summed E-state index contributed by atoms with van der Waals surface area (Å²) in [6.45, 7) is 0. The fourth-order valence-electron chi connectivity index (χ4n) is 2.66.